The van der Waals surface area contributed by atoms with Gasteiger partial charge in [-0.2, -0.15) is 0 Å². The lowest BCUT2D eigenvalue weighted by molar-refractivity contribution is 0.107. The minimum absolute atomic E-state index is 0.150. The van der Waals surface area contributed by atoms with Gasteiger partial charge in [0, 0.05) is 5.69 Å². The molecule has 0 saturated carbocycles. The molecule has 0 fully saturated rings. The van der Waals surface area contributed by atoms with E-state index in [1.165, 1.54) is 5.56 Å². The fraction of sp³-hybridized carbons (Fsp3) is 0.240. The van der Waals surface area contributed by atoms with Gasteiger partial charge in [-0.25, -0.2) is 4.99 Å². The Bertz CT molecular complexity index is 921. The second-order valence-corrected chi connectivity index (χ2v) is 7.31. The Morgan fingerprint density at radius 1 is 0.833 bits per heavy atom. The highest BCUT2D eigenvalue weighted by Crippen LogP contribution is 2.17. The van der Waals surface area contributed by atoms with E-state index >= 15 is 0 Å². The minimum Gasteiger partial charge on any atom is -0.491 e. The quantitative estimate of drug-likeness (QED) is 0.384. The number of hydrogen-bond acceptors (Lipinski definition) is 3. The SMILES string of the molecule is CC(C)Oc1ccc(NC(N)=NCc2ccc(COCc3ccccc3)cc2)cc1. The Balaban J connectivity index is 1.44. The molecule has 0 aromatic heterocycles. The molecular formula is C25H29N3O2. The molecule has 0 atom stereocenters. The standard InChI is InChI=1S/C25H29N3O2/c1-19(2)30-24-14-12-23(13-15-24)28-25(26)27-16-20-8-10-22(11-9-20)18-29-17-21-6-4-3-5-7-21/h3-15,19H,16-18H2,1-2H3,(H3,26,27,28). The van der Waals surface area contributed by atoms with Gasteiger partial charge in [-0.05, 0) is 54.8 Å². The van der Waals surface area contributed by atoms with Crippen LogP contribution in [0.1, 0.15) is 30.5 Å². The molecule has 0 unspecified atom stereocenters. The van der Waals surface area contributed by atoms with E-state index in [1.54, 1.807) is 0 Å². The van der Waals surface area contributed by atoms with E-state index in [-0.39, 0.29) is 6.10 Å². The fourth-order valence-corrected chi connectivity index (χ4v) is 2.85. The van der Waals surface area contributed by atoms with Gasteiger partial charge in [0.15, 0.2) is 5.96 Å². The third-order valence-corrected chi connectivity index (χ3v) is 4.33. The highest BCUT2D eigenvalue weighted by atomic mass is 16.5. The summed E-state index contributed by atoms with van der Waals surface area (Å²) in [5.74, 6) is 1.21. The van der Waals surface area contributed by atoms with E-state index in [4.69, 9.17) is 15.2 Å². The zero-order valence-corrected chi connectivity index (χ0v) is 17.5. The number of nitrogens with one attached hydrogen (secondary N) is 1. The number of ether oxygens (including phenoxy) is 2. The molecule has 3 aromatic rings. The van der Waals surface area contributed by atoms with E-state index in [9.17, 15) is 0 Å². The van der Waals surface area contributed by atoms with Crippen LogP contribution in [0.15, 0.2) is 83.9 Å². The van der Waals surface area contributed by atoms with Crippen LogP contribution in [0.5, 0.6) is 5.75 Å². The summed E-state index contributed by atoms with van der Waals surface area (Å²) in [5.41, 5.74) is 10.3. The highest BCUT2D eigenvalue weighted by Gasteiger charge is 2.00. The molecule has 0 amide bonds. The summed E-state index contributed by atoms with van der Waals surface area (Å²) < 4.78 is 11.4. The smallest absolute Gasteiger partial charge is 0.193 e. The second kappa shape index (κ2) is 11.0. The zero-order chi connectivity index (χ0) is 21.2. The predicted molar refractivity (Wildman–Crippen MR) is 123 cm³/mol. The minimum atomic E-state index is 0.150. The van der Waals surface area contributed by atoms with Crippen molar-refractivity contribution >= 4 is 11.6 Å². The Morgan fingerprint density at radius 2 is 1.43 bits per heavy atom. The van der Waals surface area contributed by atoms with E-state index in [0.29, 0.717) is 25.7 Å². The predicted octanol–water partition coefficient (Wildman–Crippen LogP) is 5.12. The van der Waals surface area contributed by atoms with Gasteiger partial charge in [0.1, 0.15) is 5.75 Å². The maximum Gasteiger partial charge on any atom is 0.193 e. The van der Waals surface area contributed by atoms with Crippen molar-refractivity contribution < 1.29 is 9.47 Å². The molecule has 3 rings (SSSR count). The van der Waals surface area contributed by atoms with Crippen LogP contribution >= 0.6 is 0 Å². The van der Waals surface area contributed by atoms with E-state index < -0.39 is 0 Å². The van der Waals surface area contributed by atoms with Gasteiger partial charge < -0.3 is 20.5 Å². The van der Waals surface area contributed by atoms with E-state index in [2.05, 4.69) is 46.7 Å². The van der Waals surface area contributed by atoms with Crippen LogP contribution in [0.4, 0.5) is 5.69 Å². The molecule has 0 aliphatic heterocycles. The summed E-state index contributed by atoms with van der Waals surface area (Å²) in [6.07, 6.45) is 0.150. The van der Waals surface area contributed by atoms with Crippen LogP contribution in [0.3, 0.4) is 0 Å². The Morgan fingerprint density at radius 3 is 2.07 bits per heavy atom. The lowest BCUT2D eigenvalue weighted by Crippen LogP contribution is -2.22. The Kier molecular flexibility index (Phi) is 7.86. The topological polar surface area (TPSA) is 68.9 Å². The lowest BCUT2D eigenvalue weighted by Gasteiger charge is -2.11. The van der Waals surface area contributed by atoms with Crippen molar-refractivity contribution in [1.82, 2.24) is 0 Å². The number of guanidine groups is 1. The van der Waals surface area contributed by atoms with Crippen molar-refractivity contribution in [3.8, 4) is 5.75 Å². The Hall–Kier alpha value is -3.31. The molecule has 0 aliphatic rings. The number of benzene rings is 3. The molecule has 0 bridgehead atoms. The maximum absolute atomic E-state index is 6.01. The normalized spacial score (nSPS) is 11.5. The molecule has 156 valence electrons. The van der Waals surface area contributed by atoms with Gasteiger partial charge >= 0.3 is 0 Å². The summed E-state index contributed by atoms with van der Waals surface area (Å²) in [4.78, 5) is 4.41. The van der Waals surface area contributed by atoms with Crippen molar-refractivity contribution in [3.63, 3.8) is 0 Å². The first-order valence-corrected chi connectivity index (χ1v) is 10.1. The average molecular weight is 404 g/mol. The van der Waals surface area contributed by atoms with Crippen molar-refractivity contribution in [2.45, 2.75) is 39.7 Å². The zero-order valence-electron chi connectivity index (χ0n) is 17.5. The van der Waals surface area contributed by atoms with Crippen LogP contribution in [0.25, 0.3) is 0 Å². The molecule has 5 heteroatoms. The molecule has 30 heavy (non-hydrogen) atoms. The first-order chi connectivity index (χ1) is 14.6. The van der Waals surface area contributed by atoms with Crippen LogP contribution in [-0.4, -0.2) is 12.1 Å². The second-order valence-electron chi connectivity index (χ2n) is 7.31. The van der Waals surface area contributed by atoms with E-state index in [0.717, 1.165) is 22.6 Å². The molecule has 0 aliphatic carbocycles. The Labute approximate surface area is 178 Å². The first-order valence-electron chi connectivity index (χ1n) is 10.1. The third kappa shape index (κ3) is 7.26. The van der Waals surface area contributed by atoms with Gasteiger partial charge in [0.2, 0.25) is 0 Å². The molecular weight excluding hydrogens is 374 g/mol. The number of nitrogens with two attached hydrogens (primary N) is 1. The van der Waals surface area contributed by atoms with Gasteiger partial charge in [-0.1, -0.05) is 54.6 Å². The molecule has 0 spiro atoms. The lowest BCUT2D eigenvalue weighted by atomic mass is 10.1. The van der Waals surface area contributed by atoms with Crippen molar-refractivity contribution in [1.29, 1.82) is 0 Å². The summed E-state index contributed by atoms with van der Waals surface area (Å²) in [6.45, 7) is 5.71. The van der Waals surface area contributed by atoms with Gasteiger partial charge in [0.25, 0.3) is 0 Å². The van der Waals surface area contributed by atoms with Crippen LogP contribution < -0.4 is 15.8 Å². The molecule has 0 radical (unpaired) electrons. The molecule has 3 N–H and O–H groups in total. The van der Waals surface area contributed by atoms with E-state index in [1.807, 2.05) is 56.3 Å². The number of hydrogen-bond donors (Lipinski definition) is 2. The average Bonchev–Trinajstić information content (AvgIpc) is 2.75. The monoisotopic (exact) mass is 403 g/mol. The summed E-state index contributed by atoms with van der Waals surface area (Å²) >= 11 is 0. The highest BCUT2D eigenvalue weighted by molar-refractivity contribution is 5.92. The van der Waals surface area contributed by atoms with Crippen LogP contribution in [0.2, 0.25) is 0 Å². The van der Waals surface area contributed by atoms with Gasteiger partial charge in [-0.3, -0.25) is 0 Å². The van der Waals surface area contributed by atoms with Gasteiger partial charge in [0.05, 0.1) is 25.9 Å². The third-order valence-electron chi connectivity index (χ3n) is 4.33. The summed E-state index contributed by atoms with van der Waals surface area (Å²) in [5, 5.41) is 3.10. The van der Waals surface area contributed by atoms with Crippen molar-refractivity contribution in [3.05, 3.63) is 95.6 Å². The largest absolute Gasteiger partial charge is 0.491 e. The fourth-order valence-electron chi connectivity index (χ4n) is 2.85. The van der Waals surface area contributed by atoms with Crippen molar-refractivity contribution in [2.75, 3.05) is 5.32 Å². The summed E-state index contributed by atoms with van der Waals surface area (Å²) in [6, 6.07) is 26.1. The molecule has 0 saturated heterocycles. The number of aliphatic imine (C=N–C) groups is 1. The van der Waals surface area contributed by atoms with Crippen LogP contribution in [-0.2, 0) is 24.5 Å². The summed E-state index contributed by atoms with van der Waals surface area (Å²) in [7, 11) is 0. The maximum atomic E-state index is 6.01. The molecule has 3 aromatic carbocycles. The molecule has 5 nitrogen and oxygen atoms in total. The molecule has 0 heterocycles. The number of nitrogens with zero attached hydrogens (tertiary/aromatic N) is 1. The van der Waals surface area contributed by atoms with Crippen molar-refractivity contribution in [2.24, 2.45) is 10.7 Å². The number of rotatable bonds is 9. The van der Waals surface area contributed by atoms with Crippen LogP contribution in [0, 0.1) is 0 Å². The first kappa shape index (κ1) is 21.4. The number of anilines is 1. The van der Waals surface area contributed by atoms with Gasteiger partial charge in [-0.15, -0.1) is 0 Å².